The Labute approximate surface area is 181 Å². The Bertz CT molecular complexity index is 1120. The molecular formula is C21H18N6OS2. The lowest BCUT2D eigenvalue weighted by Gasteiger charge is -2.01. The maximum absolute atomic E-state index is 12.3. The molecule has 7 nitrogen and oxygen atoms in total. The van der Waals surface area contributed by atoms with Gasteiger partial charge >= 0.3 is 0 Å². The molecule has 9 heteroatoms. The number of aromatic amines is 1. The quantitative estimate of drug-likeness (QED) is 0.406. The van der Waals surface area contributed by atoms with Crippen LogP contribution in [0.5, 0.6) is 0 Å². The summed E-state index contributed by atoms with van der Waals surface area (Å²) in [5, 5.41) is 19.8. The average molecular weight is 435 g/mol. The summed E-state index contributed by atoms with van der Waals surface area (Å²) in [7, 11) is 0. The number of nitrogens with zero attached hydrogens (tertiary/aromatic N) is 4. The van der Waals surface area contributed by atoms with Crippen molar-refractivity contribution in [3.8, 4) is 0 Å². The van der Waals surface area contributed by atoms with Gasteiger partial charge in [-0.05, 0) is 17.2 Å². The van der Waals surface area contributed by atoms with E-state index in [0.29, 0.717) is 28.3 Å². The minimum atomic E-state index is -0.223. The smallest absolute Gasteiger partial charge is 0.282 e. The molecule has 0 aliphatic rings. The van der Waals surface area contributed by atoms with Gasteiger partial charge in [0, 0.05) is 6.54 Å². The van der Waals surface area contributed by atoms with E-state index in [1.165, 1.54) is 23.1 Å². The van der Waals surface area contributed by atoms with Crippen molar-refractivity contribution in [1.82, 2.24) is 30.7 Å². The van der Waals surface area contributed by atoms with Crippen LogP contribution in [0.1, 0.15) is 31.8 Å². The van der Waals surface area contributed by atoms with Gasteiger partial charge in [-0.25, -0.2) is 4.98 Å². The molecule has 2 heterocycles. The molecular weight excluding hydrogens is 416 g/mol. The second-order valence-corrected chi connectivity index (χ2v) is 8.21. The summed E-state index contributed by atoms with van der Waals surface area (Å²) in [6.45, 7) is 0.458. The molecule has 4 rings (SSSR count). The van der Waals surface area contributed by atoms with Gasteiger partial charge in [0.1, 0.15) is 10.8 Å². The molecule has 2 aromatic heterocycles. The molecule has 0 unspecified atom stereocenters. The highest BCUT2D eigenvalue weighted by atomic mass is 32.2. The van der Waals surface area contributed by atoms with Gasteiger partial charge in [-0.1, -0.05) is 89.8 Å². The van der Waals surface area contributed by atoms with Crippen molar-refractivity contribution < 1.29 is 4.79 Å². The van der Waals surface area contributed by atoms with Crippen LogP contribution in [0.2, 0.25) is 0 Å². The summed E-state index contributed by atoms with van der Waals surface area (Å²) in [4.78, 5) is 16.7. The number of carbonyl (C=O) groups is 1. The zero-order chi connectivity index (χ0) is 20.6. The third-order valence-corrected chi connectivity index (χ3v) is 5.96. The van der Waals surface area contributed by atoms with Crippen molar-refractivity contribution in [3.05, 3.63) is 87.6 Å². The number of H-pyrrole nitrogens is 1. The van der Waals surface area contributed by atoms with Gasteiger partial charge in [0.05, 0.1) is 5.75 Å². The molecule has 0 radical (unpaired) electrons. The predicted octanol–water partition coefficient (Wildman–Crippen LogP) is 4.05. The largest absolute Gasteiger partial charge is 0.346 e. The molecule has 0 atom stereocenters. The molecule has 0 saturated carbocycles. The fraction of sp³-hybridized carbons (Fsp3) is 0.0952. The van der Waals surface area contributed by atoms with Gasteiger partial charge in [0.15, 0.2) is 0 Å². The Morgan fingerprint density at radius 2 is 1.80 bits per heavy atom. The van der Waals surface area contributed by atoms with Crippen LogP contribution < -0.4 is 5.32 Å². The Kier molecular flexibility index (Phi) is 6.63. The fourth-order valence-corrected chi connectivity index (χ4v) is 4.07. The molecule has 4 aromatic rings. The van der Waals surface area contributed by atoms with Crippen molar-refractivity contribution in [1.29, 1.82) is 0 Å². The zero-order valence-corrected chi connectivity index (χ0v) is 17.5. The van der Waals surface area contributed by atoms with Gasteiger partial charge in [0.2, 0.25) is 10.2 Å². The average Bonchev–Trinajstić information content (AvgIpc) is 3.46. The van der Waals surface area contributed by atoms with Crippen LogP contribution in [0.25, 0.3) is 12.2 Å². The summed E-state index contributed by atoms with van der Waals surface area (Å²) in [6, 6.07) is 19.7. The number of thioether (sulfide) groups is 1. The second-order valence-electron chi connectivity index (χ2n) is 6.21. The molecule has 0 spiro atoms. The van der Waals surface area contributed by atoms with Crippen LogP contribution in [0, 0.1) is 0 Å². The number of carbonyl (C=O) groups excluding carboxylic acids is 1. The maximum Gasteiger partial charge on any atom is 0.282 e. The van der Waals surface area contributed by atoms with Crippen molar-refractivity contribution in [3.63, 3.8) is 0 Å². The third kappa shape index (κ3) is 5.62. The monoisotopic (exact) mass is 434 g/mol. The van der Waals surface area contributed by atoms with E-state index >= 15 is 0 Å². The number of amides is 1. The SMILES string of the molecule is O=C(NCc1ccccc1)c1nnc(CSc2n[nH]c(/C=C/c3ccccc3)n2)s1. The van der Waals surface area contributed by atoms with Crippen LogP contribution in [-0.2, 0) is 12.3 Å². The summed E-state index contributed by atoms with van der Waals surface area (Å²) in [6.07, 6.45) is 3.85. The molecule has 30 heavy (non-hydrogen) atoms. The normalized spacial score (nSPS) is 11.1. The van der Waals surface area contributed by atoms with E-state index < -0.39 is 0 Å². The standard InChI is InChI=1S/C21H18N6OS2/c28-19(22-13-16-9-5-2-6-10-16)20-26-25-18(30-20)14-29-21-23-17(24-27-21)12-11-15-7-3-1-4-8-15/h1-12H,13-14H2,(H,22,28)(H,23,24,27)/b12-11+. The van der Waals surface area contributed by atoms with E-state index in [1.807, 2.05) is 72.8 Å². The summed E-state index contributed by atoms with van der Waals surface area (Å²) in [5.74, 6) is 1.00. The topological polar surface area (TPSA) is 96.5 Å². The molecule has 0 fully saturated rings. The molecule has 0 saturated heterocycles. The number of benzene rings is 2. The van der Waals surface area contributed by atoms with Crippen molar-refractivity contribution in [2.24, 2.45) is 0 Å². The van der Waals surface area contributed by atoms with Crippen LogP contribution in [0.4, 0.5) is 0 Å². The van der Waals surface area contributed by atoms with E-state index in [1.54, 1.807) is 0 Å². The minimum Gasteiger partial charge on any atom is -0.346 e. The van der Waals surface area contributed by atoms with Crippen LogP contribution in [0.3, 0.4) is 0 Å². The summed E-state index contributed by atoms with van der Waals surface area (Å²) < 4.78 is 0. The molecule has 2 N–H and O–H groups in total. The lowest BCUT2D eigenvalue weighted by molar-refractivity contribution is 0.0950. The third-order valence-electron chi connectivity index (χ3n) is 4.00. The lowest BCUT2D eigenvalue weighted by atomic mass is 10.2. The van der Waals surface area contributed by atoms with Gasteiger partial charge in [-0.3, -0.25) is 9.89 Å². The van der Waals surface area contributed by atoms with E-state index in [-0.39, 0.29) is 5.91 Å². The van der Waals surface area contributed by atoms with Crippen molar-refractivity contribution >= 4 is 41.2 Å². The number of nitrogens with one attached hydrogen (secondary N) is 2. The second kappa shape index (κ2) is 9.95. The van der Waals surface area contributed by atoms with Gasteiger partial charge in [-0.2, -0.15) is 0 Å². The van der Waals surface area contributed by atoms with E-state index in [0.717, 1.165) is 16.1 Å². The highest BCUT2D eigenvalue weighted by molar-refractivity contribution is 7.98. The Morgan fingerprint density at radius 3 is 2.60 bits per heavy atom. The van der Waals surface area contributed by atoms with Crippen molar-refractivity contribution in [2.75, 3.05) is 0 Å². The Morgan fingerprint density at radius 1 is 1.03 bits per heavy atom. The number of rotatable bonds is 8. The van der Waals surface area contributed by atoms with Gasteiger partial charge in [-0.15, -0.1) is 15.3 Å². The minimum absolute atomic E-state index is 0.223. The number of hydrogen-bond acceptors (Lipinski definition) is 7. The Balaban J connectivity index is 1.28. The van der Waals surface area contributed by atoms with Crippen LogP contribution in [0.15, 0.2) is 65.8 Å². The van der Waals surface area contributed by atoms with Gasteiger partial charge in [0.25, 0.3) is 5.91 Å². The predicted molar refractivity (Wildman–Crippen MR) is 119 cm³/mol. The summed E-state index contributed by atoms with van der Waals surface area (Å²) >= 11 is 2.72. The zero-order valence-electron chi connectivity index (χ0n) is 15.9. The molecule has 1 amide bonds. The molecule has 0 aliphatic heterocycles. The van der Waals surface area contributed by atoms with Crippen molar-refractivity contribution in [2.45, 2.75) is 17.5 Å². The van der Waals surface area contributed by atoms with E-state index in [2.05, 4.69) is 30.7 Å². The van der Waals surface area contributed by atoms with E-state index in [4.69, 9.17) is 0 Å². The van der Waals surface area contributed by atoms with E-state index in [9.17, 15) is 4.79 Å². The molecule has 150 valence electrons. The molecule has 2 aromatic carbocycles. The first kappa shape index (κ1) is 20.0. The molecule has 0 aliphatic carbocycles. The highest BCUT2D eigenvalue weighted by Gasteiger charge is 2.13. The maximum atomic E-state index is 12.3. The van der Waals surface area contributed by atoms with Crippen LogP contribution in [-0.4, -0.2) is 31.3 Å². The fourth-order valence-electron chi connectivity index (χ4n) is 2.52. The first-order valence-electron chi connectivity index (χ1n) is 9.19. The highest BCUT2D eigenvalue weighted by Crippen LogP contribution is 2.22. The van der Waals surface area contributed by atoms with Gasteiger partial charge < -0.3 is 5.32 Å². The lowest BCUT2D eigenvalue weighted by Crippen LogP contribution is -2.22. The molecule has 0 bridgehead atoms. The number of hydrogen-bond donors (Lipinski definition) is 2. The number of aromatic nitrogens is 5. The first-order chi connectivity index (χ1) is 14.8. The first-order valence-corrected chi connectivity index (χ1v) is 11.0. The Hall–Kier alpha value is -3.30. The summed E-state index contributed by atoms with van der Waals surface area (Å²) in [5.41, 5.74) is 2.13. The van der Waals surface area contributed by atoms with Crippen LogP contribution >= 0.6 is 23.1 Å².